The summed E-state index contributed by atoms with van der Waals surface area (Å²) in [5, 5.41) is 3.99. The summed E-state index contributed by atoms with van der Waals surface area (Å²) in [4.78, 5) is 4.75. The van der Waals surface area contributed by atoms with E-state index in [2.05, 4.69) is 30.5 Å². The van der Waals surface area contributed by atoms with Gasteiger partial charge < -0.3 is 14.8 Å². The summed E-state index contributed by atoms with van der Waals surface area (Å²) < 4.78 is 7.09. The van der Waals surface area contributed by atoms with E-state index in [9.17, 15) is 0 Å². The van der Waals surface area contributed by atoms with Crippen molar-refractivity contribution in [1.82, 2.24) is 14.7 Å². The van der Waals surface area contributed by atoms with Crippen molar-refractivity contribution in [3.05, 3.63) is 42.0 Å². The highest BCUT2D eigenvalue weighted by Gasteiger charge is 2.23. The van der Waals surface area contributed by atoms with Crippen molar-refractivity contribution >= 4 is 16.7 Å². The average molecular weight is 270 g/mol. The third-order valence-electron chi connectivity index (χ3n) is 3.25. The highest BCUT2D eigenvalue weighted by Crippen LogP contribution is 2.28. The number of rotatable bonds is 2. The first-order chi connectivity index (χ1) is 9.45. The molecule has 0 saturated heterocycles. The van der Waals surface area contributed by atoms with Crippen molar-refractivity contribution in [2.75, 3.05) is 5.73 Å². The number of hydrogen-bond donors (Lipinski definition) is 1. The Morgan fingerprint density at radius 2 is 2.05 bits per heavy atom. The molecule has 3 rings (SSSR count). The van der Waals surface area contributed by atoms with Gasteiger partial charge in [0.15, 0.2) is 0 Å². The Kier molecular flexibility index (Phi) is 2.78. The zero-order valence-corrected chi connectivity index (χ0v) is 11.9. The van der Waals surface area contributed by atoms with Crippen molar-refractivity contribution in [2.24, 2.45) is 0 Å². The number of nitrogens with zero attached hydrogens (tertiary/aromatic N) is 3. The Morgan fingerprint density at radius 1 is 1.25 bits per heavy atom. The van der Waals surface area contributed by atoms with E-state index >= 15 is 0 Å². The summed E-state index contributed by atoms with van der Waals surface area (Å²) in [6.07, 6.45) is 1.59. The van der Waals surface area contributed by atoms with Crippen molar-refractivity contribution in [3.8, 4) is 0 Å². The number of aromatic nitrogens is 3. The van der Waals surface area contributed by atoms with Gasteiger partial charge in [-0.05, 0) is 18.2 Å². The molecule has 104 valence electrons. The minimum Gasteiger partial charge on any atom is -0.399 e. The number of nitrogens with two attached hydrogens (primary N) is 1. The average Bonchev–Trinajstić information content (AvgIpc) is 2.97. The predicted molar refractivity (Wildman–Crippen MR) is 78.5 cm³/mol. The summed E-state index contributed by atoms with van der Waals surface area (Å²) in [7, 11) is 0. The summed E-state index contributed by atoms with van der Waals surface area (Å²) in [5.74, 6) is 1.01. The quantitative estimate of drug-likeness (QED) is 0.727. The Labute approximate surface area is 117 Å². The van der Waals surface area contributed by atoms with E-state index < -0.39 is 0 Å². The smallest absolute Gasteiger partial charge is 0.124 e. The first-order valence-electron chi connectivity index (χ1n) is 6.60. The number of benzene rings is 1. The van der Waals surface area contributed by atoms with Gasteiger partial charge in [0.05, 0.1) is 17.6 Å². The van der Waals surface area contributed by atoms with Gasteiger partial charge in [-0.1, -0.05) is 25.9 Å². The van der Waals surface area contributed by atoms with Crippen molar-refractivity contribution < 1.29 is 4.52 Å². The molecule has 0 saturated carbocycles. The topological polar surface area (TPSA) is 69.9 Å². The van der Waals surface area contributed by atoms with Crippen LogP contribution in [0.25, 0.3) is 11.0 Å². The van der Waals surface area contributed by atoms with Crippen LogP contribution in [0.5, 0.6) is 0 Å². The zero-order valence-electron chi connectivity index (χ0n) is 11.9. The van der Waals surface area contributed by atoms with Crippen LogP contribution < -0.4 is 5.73 Å². The highest BCUT2D eigenvalue weighted by atomic mass is 16.5. The number of hydrogen-bond acceptors (Lipinski definition) is 4. The molecular formula is C15H18N4O. The number of nitrogen functional groups attached to an aromatic ring is 1. The molecular weight excluding hydrogens is 252 g/mol. The zero-order chi connectivity index (χ0) is 14.3. The second kappa shape index (κ2) is 4.37. The van der Waals surface area contributed by atoms with Crippen LogP contribution >= 0.6 is 0 Å². The molecule has 5 nitrogen and oxygen atoms in total. The summed E-state index contributed by atoms with van der Waals surface area (Å²) in [5.41, 5.74) is 9.38. The second-order valence-corrected chi connectivity index (χ2v) is 6.01. The first kappa shape index (κ1) is 12.7. The Hall–Kier alpha value is -2.30. The normalized spacial score (nSPS) is 12.2. The van der Waals surface area contributed by atoms with Gasteiger partial charge in [0.1, 0.15) is 17.8 Å². The standard InChI is InChI=1S/C15H18N4O/c1-15(2,3)14-17-12-8-10(16)4-5-13(12)19(14)9-11-6-7-20-18-11/h4-8H,9,16H2,1-3H3. The van der Waals surface area contributed by atoms with Crippen molar-refractivity contribution in [1.29, 1.82) is 0 Å². The number of anilines is 1. The lowest BCUT2D eigenvalue weighted by atomic mass is 9.95. The number of imidazole rings is 1. The maximum atomic E-state index is 5.85. The Balaban J connectivity index is 2.20. The molecule has 2 aromatic heterocycles. The van der Waals surface area contributed by atoms with Crippen LogP contribution in [0.4, 0.5) is 5.69 Å². The van der Waals surface area contributed by atoms with Crippen molar-refractivity contribution in [2.45, 2.75) is 32.7 Å². The highest BCUT2D eigenvalue weighted by molar-refractivity contribution is 5.80. The molecule has 0 unspecified atom stereocenters. The minimum absolute atomic E-state index is 0.0580. The van der Waals surface area contributed by atoms with Crippen LogP contribution in [-0.4, -0.2) is 14.7 Å². The van der Waals surface area contributed by atoms with E-state index in [1.54, 1.807) is 6.26 Å². The molecule has 0 aliphatic rings. The van der Waals surface area contributed by atoms with Gasteiger partial charge in [-0.25, -0.2) is 4.98 Å². The van der Waals surface area contributed by atoms with E-state index in [4.69, 9.17) is 15.2 Å². The first-order valence-corrected chi connectivity index (χ1v) is 6.60. The molecule has 0 spiro atoms. The van der Waals surface area contributed by atoms with Gasteiger partial charge in [-0.2, -0.15) is 0 Å². The monoisotopic (exact) mass is 270 g/mol. The fraction of sp³-hybridized carbons (Fsp3) is 0.333. The lowest BCUT2D eigenvalue weighted by Gasteiger charge is -2.19. The van der Waals surface area contributed by atoms with Gasteiger partial charge in [0.25, 0.3) is 0 Å². The van der Waals surface area contributed by atoms with Crippen LogP contribution in [0.15, 0.2) is 35.1 Å². The maximum absolute atomic E-state index is 5.85. The van der Waals surface area contributed by atoms with Crippen LogP contribution in [0.1, 0.15) is 32.3 Å². The fourth-order valence-corrected chi connectivity index (χ4v) is 2.36. The van der Waals surface area contributed by atoms with Gasteiger partial charge in [-0.15, -0.1) is 0 Å². The van der Waals surface area contributed by atoms with Gasteiger partial charge in [0, 0.05) is 17.2 Å². The molecule has 0 atom stereocenters. The molecule has 5 heteroatoms. The lowest BCUT2D eigenvalue weighted by Crippen LogP contribution is -2.19. The SMILES string of the molecule is CC(C)(C)c1nc2cc(N)ccc2n1Cc1ccon1. The molecule has 3 aromatic rings. The molecule has 2 heterocycles. The van der Waals surface area contributed by atoms with Gasteiger partial charge >= 0.3 is 0 Å². The van der Waals surface area contributed by atoms with Gasteiger partial charge in [-0.3, -0.25) is 0 Å². The summed E-state index contributed by atoms with van der Waals surface area (Å²) in [6, 6.07) is 7.68. The van der Waals surface area contributed by atoms with Crippen LogP contribution in [0, 0.1) is 0 Å². The molecule has 0 aliphatic heterocycles. The molecule has 20 heavy (non-hydrogen) atoms. The molecule has 0 bridgehead atoms. The van der Waals surface area contributed by atoms with Crippen LogP contribution in [0.2, 0.25) is 0 Å². The van der Waals surface area contributed by atoms with E-state index in [-0.39, 0.29) is 5.41 Å². The second-order valence-electron chi connectivity index (χ2n) is 6.01. The minimum atomic E-state index is -0.0580. The van der Waals surface area contributed by atoms with E-state index in [0.717, 1.165) is 28.2 Å². The number of fused-ring (bicyclic) bond motifs is 1. The van der Waals surface area contributed by atoms with Gasteiger partial charge in [0.2, 0.25) is 0 Å². The summed E-state index contributed by atoms with van der Waals surface area (Å²) in [6.45, 7) is 7.09. The molecule has 0 fully saturated rings. The third kappa shape index (κ3) is 2.15. The molecule has 0 radical (unpaired) electrons. The van der Waals surface area contributed by atoms with Crippen LogP contribution in [0.3, 0.4) is 0 Å². The predicted octanol–water partition coefficient (Wildman–Crippen LogP) is 2.95. The Bertz CT molecular complexity index is 735. The third-order valence-corrected chi connectivity index (χ3v) is 3.25. The van der Waals surface area contributed by atoms with E-state index in [1.165, 1.54) is 0 Å². The van der Waals surface area contributed by atoms with E-state index in [0.29, 0.717) is 6.54 Å². The summed E-state index contributed by atoms with van der Waals surface area (Å²) >= 11 is 0. The largest absolute Gasteiger partial charge is 0.399 e. The Morgan fingerprint density at radius 3 is 2.70 bits per heavy atom. The lowest BCUT2D eigenvalue weighted by molar-refractivity contribution is 0.408. The van der Waals surface area contributed by atoms with Crippen molar-refractivity contribution in [3.63, 3.8) is 0 Å². The fourth-order valence-electron chi connectivity index (χ4n) is 2.36. The molecule has 2 N–H and O–H groups in total. The van der Waals surface area contributed by atoms with E-state index in [1.807, 2.05) is 24.3 Å². The molecule has 0 aliphatic carbocycles. The van der Waals surface area contributed by atoms with Crippen LogP contribution in [-0.2, 0) is 12.0 Å². The maximum Gasteiger partial charge on any atom is 0.124 e. The molecule has 0 amide bonds. The molecule has 1 aromatic carbocycles.